The molecule has 0 saturated carbocycles. The molecule has 0 bridgehead atoms. The SMILES string of the molecule is CCCCCCCC(CCCCCC)[C@H](C)C(F)F. The van der Waals surface area contributed by atoms with Gasteiger partial charge in [-0.05, 0) is 18.8 Å². The molecule has 0 aromatic carbocycles. The van der Waals surface area contributed by atoms with Crippen LogP contribution in [0, 0.1) is 11.8 Å². The third kappa shape index (κ3) is 10.3. The Balaban J connectivity index is 3.90. The van der Waals surface area contributed by atoms with E-state index in [2.05, 4.69) is 13.8 Å². The Kier molecular flexibility index (Phi) is 12.8. The Bertz CT molecular complexity index is 180. The fourth-order valence-electron chi connectivity index (χ4n) is 2.72. The molecular formula is C17H34F2. The maximum absolute atomic E-state index is 12.9. The molecule has 0 rings (SSSR count). The summed E-state index contributed by atoms with van der Waals surface area (Å²) in [4.78, 5) is 0. The molecule has 0 N–H and O–H groups in total. The maximum atomic E-state index is 12.9. The number of unbranched alkanes of at least 4 members (excludes halogenated alkanes) is 7. The van der Waals surface area contributed by atoms with Crippen molar-refractivity contribution in [3.05, 3.63) is 0 Å². The number of hydrogen-bond acceptors (Lipinski definition) is 0. The number of rotatable bonds is 13. The van der Waals surface area contributed by atoms with Gasteiger partial charge in [0.25, 0.3) is 0 Å². The van der Waals surface area contributed by atoms with Crippen molar-refractivity contribution in [3.8, 4) is 0 Å². The van der Waals surface area contributed by atoms with Crippen LogP contribution in [0.15, 0.2) is 0 Å². The molecular weight excluding hydrogens is 242 g/mol. The van der Waals surface area contributed by atoms with Crippen molar-refractivity contribution < 1.29 is 8.78 Å². The molecule has 0 aliphatic carbocycles. The second-order valence-corrected chi connectivity index (χ2v) is 6.01. The van der Waals surface area contributed by atoms with E-state index in [0.29, 0.717) is 0 Å². The molecule has 0 amide bonds. The Labute approximate surface area is 119 Å². The fraction of sp³-hybridized carbons (Fsp3) is 1.00. The third-order valence-electron chi connectivity index (χ3n) is 4.25. The summed E-state index contributed by atoms with van der Waals surface area (Å²) in [6.45, 7) is 6.13. The van der Waals surface area contributed by atoms with Gasteiger partial charge in [0.1, 0.15) is 0 Å². The minimum atomic E-state index is -2.15. The van der Waals surface area contributed by atoms with E-state index in [0.717, 1.165) is 25.7 Å². The lowest BCUT2D eigenvalue weighted by molar-refractivity contribution is 0.0466. The molecule has 1 unspecified atom stereocenters. The first-order valence-corrected chi connectivity index (χ1v) is 8.41. The Morgan fingerprint density at radius 3 is 1.53 bits per heavy atom. The van der Waals surface area contributed by atoms with Crippen LogP contribution < -0.4 is 0 Å². The molecule has 116 valence electrons. The monoisotopic (exact) mass is 276 g/mol. The lowest BCUT2D eigenvalue weighted by atomic mass is 9.85. The van der Waals surface area contributed by atoms with Crippen molar-refractivity contribution in [2.75, 3.05) is 0 Å². The van der Waals surface area contributed by atoms with Crippen LogP contribution in [-0.2, 0) is 0 Å². The Hall–Kier alpha value is -0.140. The van der Waals surface area contributed by atoms with E-state index in [1.54, 1.807) is 6.92 Å². The van der Waals surface area contributed by atoms with Crippen LogP contribution in [0.25, 0.3) is 0 Å². The standard InChI is InChI=1S/C17H34F2/c1-4-6-8-10-12-14-16(15(3)17(18)19)13-11-9-7-5-2/h15-17H,4-14H2,1-3H3/t15-,16?/m0/s1. The van der Waals surface area contributed by atoms with Gasteiger partial charge in [-0.3, -0.25) is 0 Å². The van der Waals surface area contributed by atoms with Crippen LogP contribution in [0.1, 0.15) is 91.4 Å². The summed E-state index contributed by atoms with van der Waals surface area (Å²) in [6.07, 6.45) is 10.8. The van der Waals surface area contributed by atoms with E-state index in [4.69, 9.17) is 0 Å². The predicted molar refractivity (Wildman–Crippen MR) is 80.8 cm³/mol. The van der Waals surface area contributed by atoms with Crippen LogP contribution in [0.5, 0.6) is 0 Å². The van der Waals surface area contributed by atoms with Crippen molar-refractivity contribution in [1.82, 2.24) is 0 Å². The van der Waals surface area contributed by atoms with Crippen molar-refractivity contribution in [3.63, 3.8) is 0 Å². The van der Waals surface area contributed by atoms with Crippen LogP contribution >= 0.6 is 0 Å². The zero-order valence-corrected chi connectivity index (χ0v) is 13.3. The highest BCUT2D eigenvalue weighted by Gasteiger charge is 2.24. The number of halogens is 2. The summed E-state index contributed by atoms with van der Waals surface area (Å²) >= 11 is 0. The van der Waals surface area contributed by atoms with E-state index in [-0.39, 0.29) is 5.92 Å². The first-order chi connectivity index (χ1) is 9.13. The molecule has 0 saturated heterocycles. The van der Waals surface area contributed by atoms with Gasteiger partial charge in [-0.25, -0.2) is 8.78 Å². The number of alkyl halides is 2. The molecule has 2 heteroatoms. The van der Waals surface area contributed by atoms with Crippen molar-refractivity contribution in [2.24, 2.45) is 11.8 Å². The molecule has 0 nitrogen and oxygen atoms in total. The summed E-state index contributed by atoms with van der Waals surface area (Å²) in [5, 5.41) is 0. The second-order valence-electron chi connectivity index (χ2n) is 6.01. The average molecular weight is 276 g/mol. The van der Waals surface area contributed by atoms with Gasteiger partial charge < -0.3 is 0 Å². The average Bonchev–Trinajstić information content (AvgIpc) is 2.40. The summed E-state index contributed by atoms with van der Waals surface area (Å²) in [6, 6.07) is 0. The Morgan fingerprint density at radius 2 is 1.11 bits per heavy atom. The van der Waals surface area contributed by atoms with Crippen LogP contribution in [0.2, 0.25) is 0 Å². The normalized spacial score (nSPS) is 14.8. The van der Waals surface area contributed by atoms with E-state index in [1.807, 2.05) is 0 Å². The molecule has 0 aliphatic rings. The maximum Gasteiger partial charge on any atom is 0.241 e. The van der Waals surface area contributed by atoms with Crippen LogP contribution in [0.3, 0.4) is 0 Å². The number of hydrogen-bond donors (Lipinski definition) is 0. The molecule has 0 aliphatic heterocycles. The molecule has 0 fully saturated rings. The molecule has 0 heterocycles. The molecule has 19 heavy (non-hydrogen) atoms. The van der Waals surface area contributed by atoms with E-state index < -0.39 is 12.3 Å². The van der Waals surface area contributed by atoms with Gasteiger partial charge in [0.05, 0.1) is 0 Å². The highest BCUT2D eigenvalue weighted by Crippen LogP contribution is 2.29. The van der Waals surface area contributed by atoms with E-state index in [9.17, 15) is 8.78 Å². The fourth-order valence-corrected chi connectivity index (χ4v) is 2.72. The quantitative estimate of drug-likeness (QED) is 0.323. The van der Waals surface area contributed by atoms with Gasteiger partial charge in [0, 0.05) is 5.92 Å². The minimum Gasteiger partial charge on any atom is -0.210 e. The lowest BCUT2D eigenvalue weighted by Gasteiger charge is -2.23. The molecule has 0 aromatic rings. The highest BCUT2D eigenvalue weighted by molar-refractivity contribution is 4.69. The molecule has 0 aromatic heterocycles. The van der Waals surface area contributed by atoms with Crippen molar-refractivity contribution in [2.45, 2.75) is 97.8 Å². The Morgan fingerprint density at radius 1 is 0.684 bits per heavy atom. The highest BCUT2D eigenvalue weighted by atomic mass is 19.3. The minimum absolute atomic E-state index is 0.235. The van der Waals surface area contributed by atoms with Crippen molar-refractivity contribution in [1.29, 1.82) is 0 Å². The summed E-state index contributed by atoms with van der Waals surface area (Å²) in [7, 11) is 0. The molecule has 2 atom stereocenters. The first-order valence-electron chi connectivity index (χ1n) is 8.41. The van der Waals surface area contributed by atoms with Crippen LogP contribution in [-0.4, -0.2) is 6.43 Å². The smallest absolute Gasteiger partial charge is 0.210 e. The zero-order chi connectivity index (χ0) is 14.5. The second kappa shape index (κ2) is 12.9. The lowest BCUT2D eigenvalue weighted by Crippen LogP contribution is -2.19. The summed E-state index contributed by atoms with van der Waals surface area (Å²) < 4.78 is 25.8. The van der Waals surface area contributed by atoms with E-state index >= 15 is 0 Å². The van der Waals surface area contributed by atoms with Crippen molar-refractivity contribution >= 4 is 0 Å². The summed E-state index contributed by atoms with van der Waals surface area (Å²) in [5.74, 6) is -0.189. The van der Waals surface area contributed by atoms with Crippen LogP contribution in [0.4, 0.5) is 8.78 Å². The third-order valence-corrected chi connectivity index (χ3v) is 4.25. The van der Waals surface area contributed by atoms with E-state index in [1.165, 1.54) is 44.9 Å². The molecule has 0 spiro atoms. The van der Waals surface area contributed by atoms with Gasteiger partial charge in [0.2, 0.25) is 6.43 Å². The zero-order valence-electron chi connectivity index (χ0n) is 13.3. The predicted octanol–water partition coefficient (Wildman–Crippen LogP) is 6.83. The van der Waals surface area contributed by atoms with Gasteiger partial charge in [-0.2, -0.15) is 0 Å². The van der Waals surface area contributed by atoms with Gasteiger partial charge >= 0.3 is 0 Å². The summed E-state index contributed by atoms with van der Waals surface area (Å²) in [5.41, 5.74) is 0. The van der Waals surface area contributed by atoms with Gasteiger partial charge in [-0.15, -0.1) is 0 Å². The molecule has 0 radical (unpaired) electrons. The van der Waals surface area contributed by atoms with Gasteiger partial charge in [0.15, 0.2) is 0 Å². The van der Waals surface area contributed by atoms with Gasteiger partial charge in [-0.1, -0.05) is 78.6 Å². The first kappa shape index (κ1) is 18.9. The topological polar surface area (TPSA) is 0 Å². The largest absolute Gasteiger partial charge is 0.241 e.